The van der Waals surface area contributed by atoms with Crippen molar-refractivity contribution in [3.8, 4) is 0 Å². The highest BCUT2D eigenvalue weighted by Gasteiger charge is 2.34. The lowest BCUT2D eigenvalue weighted by molar-refractivity contribution is -0.118. The van der Waals surface area contributed by atoms with Crippen molar-refractivity contribution in [2.75, 3.05) is 11.9 Å². The maximum atomic E-state index is 14.5. The average Bonchev–Trinajstić information content (AvgIpc) is 2.58. The number of anilines is 1. The Balaban J connectivity index is 2.07. The summed E-state index contributed by atoms with van der Waals surface area (Å²) < 4.78 is 14.5. The minimum absolute atomic E-state index is 0.0397. The Morgan fingerprint density at radius 2 is 1.83 bits per heavy atom. The SMILES string of the molecule is CN1C(=O)CC(c2c(F)cccc2Cl)c2c1ccc1ccccc21. The van der Waals surface area contributed by atoms with E-state index < -0.39 is 0 Å². The van der Waals surface area contributed by atoms with Gasteiger partial charge in [-0.1, -0.05) is 48.0 Å². The van der Waals surface area contributed by atoms with Gasteiger partial charge < -0.3 is 4.90 Å². The number of amides is 1. The highest BCUT2D eigenvalue weighted by Crippen LogP contribution is 2.45. The van der Waals surface area contributed by atoms with Crippen molar-refractivity contribution < 1.29 is 9.18 Å². The summed E-state index contributed by atoms with van der Waals surface area (Å²) in [4.78, 5) is 14.1. The molecular weight excluding hydrogens is 325 g/mol. The number of halogens is 2. The van der Waals surface area contributed by atoms with E-state index in [2.05, 4.69) is 0 Å². The molecule has 1 aliphatic heterocycles. The van der Waals surface area contributed by atoms with E-state index in [0.717, 1.165) is 22.0 Å². The highest BCUT2D eigenvalue weighted by atomic mass is 35.5. The van der Waals surface area contributed by atoms with Crippen LogP contribution >= 0.6 is 11.6 Å². The molecule has 24 heavy (non-hydrogen) atoms. The number of benzene rings is 3. The quantitative estimate of drug-likeness (QED) is 0.601. The Bertz CT molecular complexity index is 949. The molecular formula is C20H15ClFNO. The first-order valence-electron chi connectivity index (χ1n) is 7.80. The van der Waals surface area contributed by atoms with Crippen LogP contribution in [0.5, 0.6) is 0 Å². The molecule has 3 aromatic carbocycles. The second-order valence-electron chi connectivity index (χ2n) is 6.06. The second-order valence-corrected chi connectivity index (χ2v) is 6.47. The zero-order valence-electron chi connectivity index (χ0n) is 13.1. The average molecular weight is 340 g/mol. The lowest BCUT2D eigenvalue weighted by atomic mass is 9.81. The Labute approximate surface area is 144 Å². The van der Waals surface area contributed by atoms with Gasteiger partial charge in [-0.15, -0.1) is 0 Å². The van der Waals surface area contributed by atoms with E-state index in [4.69, 9.17) is 11.6 Å². The second kappa shape index (κ2) is 5.60. The van der Waals surface area contributed by atoms with Gasteiger partial charge in [-0.05, 0) is 34.5 Å². The predicted molar refractivity (Wildman–Crippen MR) is 95.2 cm³/mol. The van der Waals surface area contributed by atoms with Crippen LogP contribution in [0.4, 0.5) is 10.1 Å². The van der Waals surface area contributed by atoms with Crippen molar-refractivity contribution >= 4 is 34.0 Å². The van der Waals surface area contributed by atoms with Gasteiger partial charge in [0.1, 0.15) is 5.82 Å². The topological polar surface area (TPSA) is 20.3 Å². The zero-order chi connectivity index (χ0) is 16.8. The van der Waals surface area contributed by atoms with Crippen LogP contribution in [0.3, 0.4) is 0 Å². The van der Waals surface area contributed by atoms with E-state index in [-0.39, 0.29) is 24.1 Å². The molecule has 120 valence electrons. The summed E-state index contributed by atoms with van der Waals surface area (Å²) in [6, 6.07) is 16.5. The molecule has 0 bridgehead atoms. The van der Waals surface area contributed by atoms with Crippen molar-refractivity contribution in [2.24, 2.45) is 0 Å². The minimum Gasteiger partial charge on any atom is -0.315 e. The molecule has 0 saturated carbocycles. The fraction of sp³-hybridized carbons (Fsp3) is 0.150. The maximum Gasteiger partial charge on any atom is 0.227 e. The summed E-state index contributed by atoms with van der Waals surface area (Å²) in [6.45, 7) is 0. The Hall–Kier alpha value is -2.39. The molecule has 2 nitrogen and oxygen atoms in total. The largest absolute Gasteiger partial charge is 0.315 e. The van der Waals surface area contributed by atoms with Gasteiger partial charge in [0.25, 0.3) is 0 Å². The number of rotatable bonds is 1. The molecule has 4 rings (SSSR count). The van der Waals surface area contributed by atoms with Crippen molar-refractivity contribution in [1.82, 2.24) is 0 Å². The van der Waals surface area contributed by atoms with Crippen molar-refractivity contribution in [1.29, 1.82) is 0 Å². The predicted octanol–water partition coefficient (Wildman–Crippen LogP) is 5.13. The molecule has 1 atom stereocenters. The summed E-state index contributed by atoms with van der Waals surface area (Å²) in [7, 11) is 1.76. The van der Waals surface area contributed by atoms with E-state index in [0.29, 0.717) is 10.6 Å². The molecule has 1 aliphatic rings. The first-order valence-corrected chi connectivity index (χ1v) is 8.18. The van der Waals surface area contributed by atoms with Gasteiger partial charge in [0.2, 0.25) is 5.91 Å². The van der Waals surface area contributed by atoms with Gasteiger partial charge in [-0.2, -0.15) is 0 Å². The standard InChI is InChI=1S/C20H15ClFNO/c1-23-17-10-9-12-5-2-3-6-13(12)19(17)14(11-18(23)24)20-15(21)7-4-8-16(20)22/h2-10,14H,11H2,1H3. The van der Waals surface area contributed by atoms with Crippen LogP contribution in [0, 0.1) is 5.82 Å². The first-order chi connectivity index (χ1) is 11.6. The number of nitrogens with zero attached hydrogens (tertiary/aromatic N) is 1. The van der Waals surface area contributed by atoms with Crippen LogP contribution in [0.1, 0.15) is 23.5 Å². The molecule has 0 fully saturated rings. The Morgan fingerprint density at radius 1 is 1.04 bits per heavy atom. The molecule has 4 heteroatoms. The zero-order valence-corrected chi connectivity index (χ0v) is 13.8. The molecule has 1 heterocycles. The van der Waals surface area contributed by atoms with Gasteiger partial charge >= 0.3 is 0 Å². The molecule has 0 radical (unpaired) electrons. The van der Waals surface area contributed by atoms with Gasteiger partial charge in [0, 0.05) is 35.7 Å². The molecule has 0 aliphatic carbocycles. The molecule has 0 aromatic heterocycles. The summed E-state index contributed by atoms with van der Waals surface area (Å²) in [5.41, 5.74) is 2.18. The third-order valence-corrected chi connectivity index (χ3v) is 5.09. The normalized spacial score (nSPS) is 17.2. The summed E-state index contributed by atoms with van der Waals surface area (Å²) in [5.74, 6) is -0.797. The third-order valence-electron chi connectivity index (χ3n) is 4.76. The summed E-state index contributed by atoms with van der Waals surface area (Å²) in [6.07, 6.45) is 0.207. The molecule has 0 spiro atoms. The number of fused-ring (bicyclic) bond motifs is 3. The van der Waals surface area contributed by atoms with Crippen LogP contribution in [0.2, 0.25) is 5.02 Å². The monoisotopic (exact) mass is 339 g/mol. The van der Waals surface area contributed by atoms with Crippen LogP contribution in [-0.4, -0.2) is 13.0 Å². The lowest BCUT2D eigenvalue weighted by Gasteiger charge is -2.33. The first kappa shape index (κ1) is 15.2. The maximum absolute atomic E-state index is 14.5. The van der Waals surface area contributed by atoms with Crippen LogP contribution in [-0.2, 0) is 4.79 Å². The number of carbonyl (C=O) groups is 1. The Morgan fingerprint density at radius 3 is 2.62 bits per heavy atom. The molecule has 1 unspecified atom stereocenters. The van der Waals surface area contributed by atoms with E-state index in [9.17, 15) is 9.18 Å². The summed E-state index contributed by atoms with van der Waals surface area (Å²) in [5, 5.41) is 2.45. The van der Waals surface area contributed by atoms with E-state index in [1.165, 1.54) is 6.07 Å². The van der Waals surface area contributed by atoms with E-state index in [1.54, 1.807) is 24.1 Å². The molecule has 3 aromatic rings. The fourth-order valence-electron chi connectivity index (χ4n) is 3.58. The minimum atomic E-state index is -0.386. The van der Waals surface area contributed by atoms with Crippen molar-refractivity contribution in [3.05, 3.63) is 76.6 Å². The van der Waals surface area contributed by atoms with Gasteiger partial charge in [-0.3, -0.25) is 4.79 Å². The molecule has 1 amide bonds. The summed E-state index contributed by atoms with van der Waals surface area (Å²) >= 11 is 6.30. The van der Waals surface area contributed by atoms with Gasteiger partial charge in [-0.25, -0.2) is 4.39 Å². The number of hydrogen-bond acceptors (Lipinski definition) is 1. The molecule has 0 saturated heterocycles. The van der Waals surface area contributed by atoms with Gasteiger partial charge in [0.15, 0.2) is 0 Å². The third kappa shape index (κ3) is 2.20. The lowest BCUT2D eigenvalue weighted by Crippen LogP contribution is -2.34. The van der Waals surface area contributed by atoms with Crippen LogP contribution in [0.25, 0.3) is 10.8 Å². The van der Waals surface area contributed by atoms with Gasteiger partial charge in [0.05, 0.1) is 0 Å². The van der Waals surface area contributed by atoms with Crippen LogP contribution < -0.4 is 4.90 Å². The Kier molecular flexibility index (Phi) is 3.54. The fourth-order valence-corrected chi connectivity index (χ4v) is 3.88. The van der Waals surface area contributed by atoms with E-state index >= 15 is 0 Å². The van der Waals surface area contributed by atoms with Crippen molar-refractivity contribution in [2.45, 2.75) is 12.3 Å². The molecule has 0 N–H and O–H groups in total. The van der Waals surface area contributed by atoms with Crippen molar-refractivity contribution in [3.63, 3.8) is 0 Å². The smallest absolute Gasteiger partial charge is 0.227 e. The van der Waals surface area contributed by atoms with Crippen LogP contribution in [0.15, 0.2) is 54.6 Å². The highest BCUT2D eigenvalue weighted by molar-refractivity contribution is 6.31. The number of carbonyl (C=O) groups excluding carboxylic acids is 1. The number of hydrogen-bond donors (Lipinski definition) is 0. The van der Waals surface area contributed by atoms with E-state index in [1.807, 2.05) is 36.4 Å².